The second-order valence-corrected chi connectivity index (χ2v) is 5.41. The van der Waals surface area contributed by atoms with Crippen LogP contribution in [0, 0.1) is 11.8 Å². The fourth-order valence-electron chi connectivity index (χ4n) is 2.31. The van der Waals surface area contributed by atoms with Crippen LogP contribution in [0.5, 0.6) is 0 Å². The van der Waals surface area contributed by atoms with E-state index < -0.39 is 5.92 Å². The molecule has 1 fully saturated rings. The Kier molecular flexibility index (Phi) is 5.16. The van der Waals surface area contributed by atoms with Gasteiger partial charge in [0, 0.05) is 12.3 Å². The van der Waals surface area contributed by atoms with Crippen molar-refractivity contribution >= 4 is 0 Å². The van der Waals surface area contributed by atoms with Crippen molar-refractivity contribution in [2.45, 2.75) is 52.4 Å². The van der Waals surface area contributed by atoms with Crippen molar-refractivity contribution in [1.82, 2.24) is 4.90 Å². The molecule has 1 rings (SSSR count). The SMILES string of the molecule is CCC(F)(F)C1CCN(CCC(C)C)CC1. The van der Waals surface area contributed by atoms with Gasteiger partial charge in [-0.3, -0.25) is 0 Å². The summed E-state index contributed by atoms with van der Waals surface area (Å²) < 4.78 is 26.9. The molecular weight excluding hydrogens is 208 g/mol. The van der Waals surface area contributed by atoms with Gasteiger partial charge in [-0.15, -0.1) is 0 Å². The summed E-state index contributed by atoms with van der Waals surface area (Å²) in [6.45, 7) is 8.78. The summed E-state index contributed by atoms with van der Waals surface area (Å²) in [7, 11) is 0. The van der Waals surface area contributed by atoms with Crippen molar-refractivity contribution in [2.75, 3.05) is 19.6 Å². The van der Waals surface area contributed by atoms with Crippen molar-refractivity contribution in [3.63, 3.8) is 0 Å². The smallest absolute Gasteiger partial charge is 0.250 e. The maximum atomic E-state index is 13.5. The molecule has 3 heteroatoms. The molecule has 0 saturated carbocycles. The van der Waals surface area contributed by atoms with Crippen LogP contribution in [-0.2, 0) is 0 Å². The Morgan fingerprint density at radius 3 is 2.25 bits per heavy atom. The maximum Gasteiger partial charge on any atom is 0.250 e. The highest BCUT2D eigenvalue weighted by molar-refractivity contribution is 4.82. The van der Waals surface area contributed by atoms with Crippen LogP contribution in [0.25, 0.3) is 0 Å². The van der Waals surface area contributed by atoms with Crippen molar-refractivity contribution in [3.8, 4) is 0 Å². The number of nitrogens with zero attached hydrogens (tertiary/aromatic N) is 1. The molecule has 0 atom stereocenters. The van der Waals surface area contributed by atoms with Crippen LogP contribution in [0.15, 0.2) is 0 Å². The first kappa shape index (κ1) is 13.9. The predicted octanol–water partition coefficient (Wildman–Crippen LogP) is 3.79. The molecule has 1 aliphatic heterocycles. The maximum absolute atomic E-state index is 13.5. The largest absolute Gasteiger partial charge is 0.303 e. The van der Waals surface area contributed by atoms with Gasteiger partial charge in [-0.05, 0) is 44.8 Å². The average Bonchev–Trinajstić information content (AvgIpc) is 2.27. The summed E-state index contributed by atoms with van der Waals surface area (Å²) in [5, 5.41) is 0. The normalized spacial score (nSPS) is 20.6. The molecule has 0 aromatic rings. The van der Waals surface area contributed by atoms with Gasteiger partial charge in [-0.1, -0.05) is 20.8 Å². The number of alkyl halides is 2. The summed E-state index contributed by atoms with van der Waals surface area (Å²) in [4.78, 5) is 2.34. The van der Waals surface area contributed by atoms with Gasteiger partial charge in [0.25, 0.3) is 5.92 Å². The number of rotatable bonds is 5. The Morgan fingerprint density at radius 2 is 1.81 bits per heavy atom. The second kappa shape index (κ2) is 5.95. The van der Waals surface area contributed by atoms with Gasteiger partial charge in [0.05, 0.1) is 0 Å². The zero-order valence-corrected chi connectivity index (χ0v) is 10.8. The lowest BCUT2D eigenvalue weighted by Gasteiger charge is -2.35. The molecule has 1 heterocycles. The summed E-state index contributed by atoms with van der Waals surface area (Å²) in [5.74, 6) is -2.12. The molecular formula is C13H25F2N. The van der Waals surface area contributed by atoms with E-state index in [1.165, 1.54) is 6.42 Å². The Bertz CT molecular complexity index is 196. The minimum atomic E-state index is -2.44. The van der Waals surface area contributed by atoms with E-state index >= 15 is 0 Å². The van der Waals surface area contributed by atoms with Gasteiger partial charge in [0.2, 0.25) is 0 Å². The molecule has 0 radical (unpaired) electrons. The third-order valence-electron chi connectivity index (χ3n) is 3.68. The number of hydrogen-bond acceptors (Lipinski definition) is 1. The second-order valence-electron chi connectivity index (χ2n) is 5.41. The molecule has 0 spiro atoms. The third kappa shape index (κ3) is 4.00. The van der Waals surface area contributed by atoms with Crippen LogP contribution in [0.4, 0.5) is 8.78 Å². The first-order valence-electron chi connectivity index (χ1n) is 6.56. The van der Waals surface area contributed by atoms with E-state index in [2.05, 4.69) is 18.7 Å². The fourth-order valence-corrected chi connectivity index (χ4v) is 2.31. The van der Waals surface area contributed by atoms with Gasteiger partial charge in [0.1, 0.15) is 0 Å². The molecule has 1 aliphatic rings. The van der Waals surface area contributed by atoms with E-state index in [0.29, 0.717) is 18.8 Å². The molecule has 16 heavy (non-hydrogen) atoms. The molecule has 0 aliphatic carbocycles. The molecule has 0 N–H and O–H groups in total. The van der Waals surface area contributed by atoms with Crippen LogP contribution in [-0.4, -0.2) is 30.5 Å². The topological polar surface area (TPSA) is 3.24 Å². The van der Waals surface area contributed by atoms with Crippen molar-refractivity contribution in [1.29, 1.82) is 0 Å². The first-order chi connectivity index (χ1) is 7.45. The van der Waals surface area contributed by atoms with Crippen LogP contribution in [0.3, 0.4) is 0 Å². The number of piperidine rings is 1. The Balaban J connectivity index is 2.28. The summed E-state index contributed by atoms with van der Waals surface area (Å²) in [6.07, 6.45) is 2.50. The van der Waals surface area contributed by atoms with Crippen LogP contribution < -0.4 is 0 Å². The number of halogens is 2. The Hall–Kier alpha value is -0.180. The summed E-state index contributed by atoms with van der Waals surface area (Å²) in [6, 6.07) is 0. The highest BCUT2D eigenvalue weighted by atomic mass is 19.3. The highest BCUT2D eigenvalue weighted by Crippen LogP contribution is 2.35. The standard InChI is InChI=1S/C13H25F2N/c1-4-13(14,15)12-6-9-16(10-7-12)8-5-11(2)3/h11-12H,4-10H2,1-3H3. The molecule has 1 saturated heterocycles. The lowest BCUT2D eigenvalue weighted by Crippen LogP contribution is -2.40. The average molecular weight is 233 g/mol. The van der Waals surface area contributed by atoms with Gasteiger partial charge in [-0.25, -0.2) is 8.78 Å². The Labute approximate surface area is 98.2 Å². The van der Waals surface area contributed by atoms with E-state index in [1.54, 1.807) is 6.92 Å². The van der Waals surface area contributed by atoms with Crippen LogP contribution in [0.1, 0.15) is 46.5 Å². The van der Waals surface area contributed by atoms with E-state index in [1.807, 2.05) is 0 Å². The van der Waals surface area contributed by atoms with Gasteiger partial charge in [0.15, 0.2) is 0 Å². The number of likely N-dealkylation sites (tertiary alicyclic amines) is 1. The minimum absolute atomic E-state index is 0.0103. The predicted molar refractivity (Wildman–Crippen MR) is 63.9 cm³/mol. The molecule has 0 aromatic carbocycles. The fraction of sp³-hybridized carbons (Fsp3) is 1.00. The quantitative estimate of drug-likeness (QED) is 0.698. The van der Waals surface area contributed by atoms with Gasteiger partial charge < -0.3 is 4.90 Å². The first-order valence-corrected chi connectivity index (χ1v) is 6.56. The van der Waals surface area contributed by atoms with E-state index in [9.17, 15) is 8.78 Å². The minimum Gasteiger partial charge on any atom is -0.303 e. The van der Waals surface area contributed by atoms with E-state index in [0.717, 1.165) is 19.6 Å². The van der Waals surface area contributed by atoms with Crippen LogP contribution in [0.2, 0.25) is 0 Å². The molecule has 0 bridgehead atoms. The van der Waals surface area contributed by atoms with Crippen molar-refractivity contribution < 1.29 is 8.78 Å². The van der Waals surface area contributed by atoms with Gasteiger partial charge >= 0.3 is 0 Å². The molecule has 0 aromatic heterocycles. The zero-order valence-electron chi connectivity index (χ0n) is 10.8. The summed E-state index contributed by atoms with van der Waals surface area (Å²) in [5.41, 5.74) is 0. The lowest BCUT2D eigenvalue weighted by atomic mass is 9.89. The third-order valence-corrected chi connectivity index (χ3v) is 3.68. The van der Waals surface area contributed by atoms with Crippen LogP contribution >= 0.6 is 0 Å². The lowest BCUT2D eigenvalue weighted by molar-refractivity contribution is -0.0812. The molecule has 1 nitrogen and oxygen atoms in total. The van der Waals surface area contributed by atoms with Gasteiger partial charge in [-0.2, -0.15) is 0 Å². The Morgan fingerprint density at radius 1 is 1.25 bits per heavy atom. The number of hydrogen-bond donors (Lipinski definition) is 0. The highest BCUT2D eigenvalue weighted by Gasteiger charge is 2.38. The summed E-state index contributed by atoms with van der Waals surface area (Å²) >= 11 is 0. The van der Waals surface area contributed by atoms with Crippen molar-refractivity contribution in [3.05, 3.63) is 0 Å². The van der Waals surface area contributed by atoms with E-state index in [4.69, 9.17) is 0 Å². The molecule has 0 unspecified atom stereocenters. The monoisotopic (exact) mass is 233 g/mol. The van der Waals surface area contributed by atoms with E-state index in [-0.39, 0.29) is 12.3 Å². The molecule has 96 valence electrons. The van der Waals surface area contributed by atoms with Crippen molar-refractivity contribution in [2.24, 2.45) is 11.8 Å². The zero-order chi connectivity index (χ0) is 12.2. The molecule has 0 amide bonds.